The number of benzene rings is 2. The van der Waals surface area contributed by atoms with Crippen molar-refractivity contribution in [2.45, 2.75) is 13.5 Å². The number of ketones is 1. The molecule has 0 N–H and O–H groups in total. The van der Waals surface area contributed by atoms with E-state index in [1.807, 2.05) is 65.4 Å². The number of aromatic nitrogens is 5. The van der Waals surface area contributed by atoms with Crippen LogP contribution >= 0.6 is 0 Å². The van der Waals surface area contributed by atoms with Crippen LogP contribution in [-0.2, 0) is 18.4 Å². The van der Waals surface area contributed by atoms with Gasteiger partial charge in [-0.1, -0.05) is 36.4 Å². The fraction of sp³-hybridized carbons (Fsp3) is 0.167. The van der Waals surface area contributed by atoms with Crippen LogP contribution in [0.5, 0.6) is 5.75 Å². The maximum Gasteiger partial charge on any atom is 0.332 e. The lowest BCUT2D eigenvalue weighted by Crippen LogP contribution is -2.40. The minimum absolute atomic E-state index is 0.229. The van der Waals surface area contributed by atoms with E-state index in [9.17, 15) is 14.4 Å². The normalized spacial score (nSPS) is 11.4. The lowest BCUT2D eigenvalue weighted by atomic mass is 10.1. The van der Waals surface area contributed by atoms with Gasteiger partial charge in [0.1, 0.15) is 11.5 Å². The minimum Gasteiger partial charge on any atom is -0.497 e. The van der Waals surface area contributed by atoms with Crippen molar-refractivity contribution in [1.82, 2.24) is 23.1 Å². The molecule has 166 valence electrons. The van der Waals surface area contributed by atoms with Gasteiger partial charge in [0, 0.05) is 24.9 Å². The molecule has 0 aliphatic heterocycles. The van der Waals surface area contributed by atoms with E-state index in [2.05, 4.69) is 4.98 Å². The predicted molar refractivity (Wildman–Crippen MR) is 124 cm³/mol. The molecule has 0 saturated carbocycles. The van der Waals surface area contributed by atoms with E-state index in [0.717, 1.165) is 21.5 Å². The van der Waals surface area contributed by atoms with Gasteiger partial charge in [-0.25, -0.2) is 4.79 Å². The SMILES string of the molecule is COc1cccc(-n2c(-c3ccccc3)cn3c4c(=O)n(CC(C)=O)c(=O)n(C)c4nc23)c1. The fourth-order valence-corrected chi connectivity index (χ4v) is 4.07. The first-order valence-electron chi connectivity index (χ1n) is 10.3. The number of methoxy groups -OCH3 is 1. The van der Waals surface area contributed by atoms with Crippen molar-refractivity contribution in [2.75, 3.05) is 7.11 Å². The van der Waals surface area contributed by atoms with Crippen molar-refractivity contribution in [2.24, 2.45) is 7.05 Å². The highest BCUT2D eigenvalue weighted by Crippen LogP contribution is 2.30. The molecule has 0 fully saturated rings. The van der Waals surface area contributed by atoms with Gasteiger partial charge in [0.15, 0.2) is 11.2 Å². The van der Waals surface area contributed by atoms with Gasteiger partial charge in [0.25, 0.3) is 5.56 Å². The molecule has 3 aromatic heterocycles. The first-order valence-corrected chi connectivity index (χ1v) is 10.3. The zero-order chi connectivity index (χ0) is 23.3. The Hall–Kier alpha value is -4.40. The van der Waals surface area contributed by atoms with E-state index in [4.69, 9.17) is 4.74 Å². The first-order chi connectivity index (χ1) is 15.9. The van der Waals surface area contributed by atoms with Crippen LogP contribution in [0, 0.1) is 0 Å². The second-order valence-electron chi connectivity index (χ2n) is 7.81. The summed E-state index contributed by atoms with van der Waals surface area (Å²) in [6, 6.07) is 17.2. The standard InChI is InChI=1S/C24H21N5O4/c1-15(30)13-28-22(31)20-21(26(2)24(28)32)25-23-27(20)14-19(16-8-5-4-6-9-16)29(23)17-10-7-11-18(12-17)33-3/h4-12,14H,13H2,1-3H3. The molecule has 0 unspecified atom stereocenters. The van der Waals surface area contributed by atoms with E-state index in [0.29, 0.717) is 11.5 Å². The zero-order valence-electron chi connectivity index (χ0n) is 18.3. The van der Waals surface area contributed by atoms with Crippen molar-refractivity contribution >= 4 is 22.7 Å². The molecule has 0 spiro atoms. The third kappa shape index (κ3) is 3.16. The topological polar surface area (TPSA) is 92.5 Å². The van der Waals surface area contributed by atoms with E-state index < -0.39 is 11.2 Å². The number of hydrogen-bond donors (Lipinski definition) is 0. The Morgan fingerprint density at radius 2 is 1.82 bits per heavy atom. The van der Waals surface area contributed by atoms with Crippen LogP contribution in [0.25, 0.3) is 33.9 Å². The second kappa shape index (κ2) is 7.63. The predicted octanol–water partition coefficient (Wildman–Crippen LogP) is 2.40. The van der Waals surface area contributed by atoms with Crippen LogP contribution in [0.2, 0.25) is 0 Å². The summed E-state index contributed by atoms with van der Waals surface area (Å²) in [7, 11) is 3.14. The highest BCUT2D eigenvalue weighted by molar-refractivity contribution is 5.80. The monoisotopic (exact) mass is 443 g/mol. The number of Topliss-reactive ketones (excluding diaryl/α,β-unsaturated/α-hetero) is 1. The highest BCUT2D eigenvalue weighted by atomic mass is 16.5. The van der Waals surface area contributed by atoms with E-state index in [1.54, 1.807) is 18.6 Å². The van der Waals surface area contributed by atoms with Crippen molar-refractivity contribution in [3.8, 4) is 22.7 Å². The van der Waals surface area contributed by atoms with Gasteiger partial charge >= 0.3 is 5.69 Å². The summed E-state index contributed by atoms with van der Waals surface area (Å²) < 4.78 is 11.2. The number of nitrogens with zero attached hydrogens (tertiary/aromatic N) is 5. The van der Waals surface area contributed by atoms with E-state index in [-0.39, 0.29) is 23.5 Å². The molecule has 9 nitrogen and oxygen atoms in total. The molecule has 0 saturated heterocycles. The number of rotatable bonds is 5. The molecule has 3 heterocycles. The van der Waals surface area contributed by atoms with Gasteiger partial charge in [-0.2, -0.15) is 4.98 Å². The lowest BCUT2D eigenvalue weighted by Gasteiger charge is -2.10. The molecule has 5 aromatic rings. The van der Waals surface area contributed by atoms with Gasteiger partial charge < -0.3 is 4.74 Å². The lowest BCUT2D eigenvalue weighted by molar-refractivity contribution is -0.117. The second-order valence-corrected chi connectivity index (χ2v) is 7.81. The van der Waals surface area contributed by atoms with Crippen LogP contribution in [0.1, 0.15) is 6.92 Å². The average Bonchev–Trinajstić information content (AvgIpc) is 3.37. The number of aryl methyl sites for hydroxylation is 1. The van der Waals surface area contributed by atoms with Crippen molar-refractivity contribution in [1.29, 1.82) is 0 Å². The van der Waals surface area contributed by atoms with Crippen LogP contribution in [0.3, 0.4) is 0 Å². The molecule has 9 heteroatoms. The van der Waals surface area contributed by atoms with Crippen molar-refractivity contribution in [3.63, 3.8) is 0 Å². The number of imidazole rings is 2. The Labute approximate surface area is 187 Å². The molecule has 0 aliphatic carbocycles. The largest absolute Gasteiger partial charge is 0.497 e. The Bertz CT molecular complexity index is 1650. The van der Waals surface area contributed by atoms with Crippen LogP contribution in [0.15, 0.2) is 70.4 Å². The minimum atomic E-state index is -0.584. The van der Waals surface area contributed by atoms with Crippen LogP contribution < -0.4 is 16.0 Å². The Morgan fingerprint density at radius 1 is 1.06 bits per heavy atom. The van der Waals surface area contributed by atoms with Gasteiger partial charge in [-0.05, 0) is 19.1 Å². The zero-order valence-corrected chi connectivity index (χ0v) is 18.3. The third-order valence-electron chi connectivity index (χ3n) is 5.61. The summed E-state index contributed by atoms with van der Waals surface area (Å²) >= 11 is 0. The summed E-state index contributed by atoms with van der Waals surface area (Å²) in [5.41, 5.74) is 1.85. The van der Waals surface area contributed by atoms with E-state index in [1.165, 1.54) is 11.5 Å². The maximum atomic E-state index is 13.3. The summed E-state index contributed by atoms with van der Waals surface area (Å²) in [6.07, 6.45) is 1.82. The molecule has 5 rings (SSSR count). The quantitative estimate of drug-likeness (QED) is 0.416. The van der Waals surface area contributed by atoms with Crippen molar-refractivity contribution < 1.29 is 9.53 Å². The van der Waals surface area contributed by atoms with Gasteiger partial charge in [-0.15, -0.1) is 0 Å². The molecule has 33 heavy (non-hydrogen) atoms. The Balaban J connectivity index is 1.93. The molecule has 0 amide bonds. The van der Waals surface area contributed by atoms with Crippen LogP contribution in [-0.4, -0.2) is 36.0 Å². The summed E-state index contributed by atoms with van der Waals surface area (Å²) in [4.78, 5) is 42.5. The highest BCUT2D eigenvalue weighted by Gasteiger charge is 2.23. The summed E-state index contributed by atoms with van der Waals surface area (Å²) in [6.45, 7) is 1.05. The van der Waals surface area contributed by atoms with Gasteiger partial charge in [-0.3, -0.25) is 27.7 Å². The fourth-order valence-electron chi connectivity index (χ4n) is 4.07. The molecule has 0 aliphatic rings. The third-order valence-corrected chi connectivity index (χ3v) is 5.61. The molecule has 0 bridgehead atoms. The number of hydrogen-bond acceptors (Lipinski definition) is 5. The number of fused-ring (bicyclic) bond motifs is 3. The first kappa shape index (κ1) is 20.5. The maximum absolute atomic E-state index is 13.3. The summed E-state index contributed by atoms with van der Waals surface area (Å²) in [5, 5.41) is 0. The molecule has 2 aromatic carbocycles. The Kier molecular flexibility index (Phi) is 4.74. The molecule has 0 atom stereocenters. The average molecular weight is 443 g/mol. The number of carbonyl (C=O) groups excluding carboxylic acids is 1. The van der Waals surface area contributed by atoms with E-state index >= 15 is 0 Å². The molecular weight excluding hydrogens is 422 g/mol. The smallest absolute Gasteiger partial charge is 0.332 e. The van der Waals surface area contributed by atoms with Gasteiger partial charge in [0.2, 0.25) is 5.78 Å². The van der Waals surface area contributed by atoms with Crippen molar-refractivity contribution in [3.05, 3.63) is 81.6 Å². The van der Waals surface area contributed by atoms with Gasteiger partial charge in [0.05, 0.1) is 25.0 Å². The molecule has 0 radical (unpaired) electrons. The number of ether oxygens (including phenoxy) is 1. The number of carbonyl (C=O) groups is 1. The molecular formula is C24H21N5O4. The summed E-state index contributed by atoms with van der Waals surface area (Å²) in [5.74, 6) is 0.851. The Morgan fingerprint density at radius 3 is 2.52 bits per heavy atom. The van der Waals surface area contributed by atoms with Crippen LogP contribution in [0.4, 0.5) is 0 Å².